The summed E-state index contributed by atoms with van der Waals surface area (Å²) in [6, 6.07) is 0. The first kappa shape index (κ1) is 7.54. The van der Waals surface area contributed by atoms with Gasteiger partial charge in [-0.25, -0.2) is 4.79 Å². The molecule has 10 heavy (non-hydrogen) atoms. The number of carbonyl (C=O) groups is 1. The topological polar surface area (TPSA) is 35.5 Å². The number of rotatable bonds is 2. The first-order chi connectivity index (χ1) is 4.70. The standard InChI is InChI=1S/C7H12O3/c1-5(2)3-6-7(8)10-4-9-6/h5-6H,3-4H2,1-2H3. The Labute approximate surface area is 60.3 Å². The molecule has 1 saturated heterocycles. The quantitative estimate of drug-likeness (QED) is 0.541. The third-order valence-corrected chi connectivity index (χ3v) is 1.42. The first-order valence-electron chi connectivity index (χ1n) is 3.48. The van der Waals surface area contributed by atoms with Gasteiger partial charge >= 0.3 is 5.97 Å². The highest BCUT2D eigenvalue weighted by Crippen LogP contribution is 2.14. The number of carbonyl (C=O) groups excluding carboxylic acids is 1. The normalized spacial score (nSPS) is 25.5. The van der Waals surface area contributed by atoms with Crippen molar-refractivity contribution in [1.29, 1.82) is 0 Å². The molecule has 1 rings (SSSR count). The summed E-state index contributed by atoms with van der Waals surface area (Å²) in [4.78, 5) is 10.8. The van der Waals surface area contributed by atoms with Crippen molar-refractivity contribution in [1.82, 2.24) is 0 Å². The summed E-state index contributed by atoms with van der Waals surface area (Å²) in [5.41, 5.74) is 0. The van der Waals surface area contributed by atoms with Gasteiger partial charge in [0.25, 0.3) is 0 Å². The van der Waals surface area contributed by atoms with Crippen LogP contribution < -0.4 is 0 Å². The van der Waals surface area contributed by atoms with E-state index in [9.17, 15) is 4.79 Å². The second-order valence-electron chi connectivity index (χ2n) is 2.87. The first-order valence-corrected chi connectivity index (χ1v) is 3.48. The van der Waals surface area contributed by atoms with Crippen LogP contribution in [0.4, 0.5) is 0 Å². The van der Waals surface area contributed by atoms with Gasteiger partial charge in [-0.15, -0.1) is 0 Å². The minimum absolute atomic E-state index is 0.135. The number of hydrogen-bond donors (Lipinski definition) is 0. The average Bonchev–Trinajstić information content (AvgIpc) is 2.15. The van der Waals surface area contributed by atoms with E-state index in [-0.39, 0.29) is 18.9 Å². The van der Waals surface area contributed by atoms with Crippen LogP contribution in [0.5, 0.6) is 0 Å². The van der Waals surface area contributed by atoms with Crippen LogP contribution in [-0.2, 0) is 14.3 Å². The summed E-state index contributed by atoms with van der Waals surface area (Å²) in [5.74, 6) is 0.268. The van der Waals surface area contributed by atoms with Crippen molar-refractivity contribution in [3.8, 4) is 0 Å². The van der Waals surface area contributed by atoms with E-state index in [1.807, 2.05) is 0 Å². The molecule has 0 aliphatic carbocycles. The van der Waals surface area contributed by atoms with E-state index in [0.717, 1.165) is 6.42 Å². The molecular weight excluding hydrogens is 132 g/mol. The van der Waals surface area contributed by atoms with Crippen LogP contribution in [0.1, 0.15) is 20.3 Å². The van der Waals surface area contributed by atoms with Crippen LogP contribution in [0, 0.1) is 5.92 Å². The van der Waals surface area contributed by atoms with Crippen molar-refractivity contribution in [2.24, 2.45) is 5.92 Å². The van der Waals surface area contributed by atoms with Gasteiger partial charge in [0.2, 0.25) is 0 Å². The summed E-state index contributed by atoms with van der Waals surface area (Å²) >= 11 is 0. The lowest BCUT2D eigenvalue weighted by atomic mass is 10.1. The minimum Gasteiger partial charge on any atom is -0.437 e. The van der Waals surface area contributed by atoms with Crippen molar-refractivity contribution in [3.63, 3.8) is 0 Å². The molecular formula is C7H12O3. The maximum Gasteiger partial charge on any atom is 0.337 e. The second-order valence-corrected chi connectivity index (χ2v) is 2.87. The Bertz CT molecular complexity index is 131. The predicted molar refractivity (Wildman–Crippen MR) is 35.3 cm³/mol. The van der Waals surface area contributed by atoms with Crippen LogP contribution in [0.2, 0.25) is 0 Å². The molecule has 0 saturated carbocycles. The average molecular weight is 144 g/mol. The van der Waals surface area contributed by atoms with Gasteiger partial charge in [0.05, 0.1) is 0 Å². The molecule has 3 heteroatoms. The largest absolute Gasteiger partial charge is 0.437 e. The molecule has 3 nitrogen and oxygen atoms in total. The predicted octanol–water partition coefficient (Wildman–Crippen LogP) is 0.932. The van der Waals surface area contributed by atoms with E-state index >= 15 is 0 Å². The molecule has 0 N–H and O–H groups in total. The molecule has 0 bridgehead atoms. The summed E-state index contributed by atoms with van der Waals surface area (Å²) in [6.07, 6.45) is 0.457. The number of cyclic esters (lactones) is 1. The van der Waals surface area contributed by atoms with Crippen molar-refractivity contribution in [2.45, 2.75) is 26.4 Å². The maximum absolute atomic E-state index is 10.8. The van der Waals surface area contributed by atoms with Gasteiger partial charge in [-0.3, -0.25) is 0 Å². The van der Waals surface area contributed by atoms with E-state index in [4.69, 9.17) is 4.74 Å². The fraction of sp³-hybridized carbons (Fsp3) is 0.857. The van der Waals surface area contributed by atoms with Crippen LogP contribution in [0.3, 0.4) is 0 Å². The molecule has 1 heterocycles. The van der Waals surface area contributed by atoms with Crippen LogP contribution in [0.25, 0.3) is 0 Å². The lowest BCUT2D eigenvalue weighted by Gasteiger charge is -2.06. The van der Waals surface area contributed by atoms with Crippen molar-refractivity contribution >= 4 is 5.97 Å². The Morgan fingerprint density at radius 3 is 2.80 bits per heavy atom. The van der Waals surface area contributed by atoms with Gasteiger partial charge in [0.15, 0.2) is 12.9 Å². The van der Waals surface area contributed by atoms with Crippen molar-refractivity contribution < 1.29 is 14.3 Å². The minimum atomic E-state index is -0.306. The third-order valence-electron chi connectivity index (χ3n) is 1.42. The molecule has 0 amide bonds. The van der Waals surface area contributed by atoms with Crippen molar-refractivity contribution in [3.05, 3.63) is 0 Å². The van der Waals surface area contributed by atoms with E-state index in [2.05, 4.69) is 18.6 Å². The van der Waals surface area contributed by atoms with Crippen LogP contribution >= 0.6 is 0 Å². The Balaban J connectivity index is 2.33. The highest BCUT2D eigenvalue weighted by molar-refractivity contribution is 5.75. The van der Waals surface area contributed by atoms with Gasteiger partial charge in [0, 0.05) is 0 Å². The molecule has 1 aliphatic heterocycles. The van der Waals surface area contributed by atoms with E-state index < -0.39 is 0 Å². The second kappa shape index (κ2) is 3.01. The van der Waals surface area contributed by atoms with Gasteiger partial charge in [0.1, 0.15) is 0 Å². The number of ether oxygens (including phenoxy) is 2. The van der Waals surface area contributed by atoms with Gasteiger partial charge in [-0.2, -0.15) is 0 Å². The molecule has 1 unspecified atom stereocenters. The zero-order chi connectivity index (χ0) is 7.56. The lowest BCUT2D eigenvalue weighted by Crippen LogP contribution is -2.18. The number of esters is 1. The molecule has 0 aromatic rings. The smallest absolute Gasteiger partial charge is 0.337 e. The molecule has 58 valence electrons. The summed E-state index contributed by atoms with van der Waals surface area (Å²) in [5, 5.41) is 0. The highest BCUT2D eigenvalue weighted by atomic mass is 16.7. The Hall–Kier alpha value is -0.570. The van der Waals surface area contributed by atoms with Crippen LogP contribution in [-0.4, -0.2) is 18.9 Å². The fourth-order valence-corrected chi connectivity index (χ4v) is 0.928. The Morgan fingerprint density at radius 1 is 1.70 bits per heavy atom. The summed E-state index contributed by atoms with van der Waals surface area (Å²) < 4.78 is 9.61. The van der Waals surface area contributed by atoms with Gasteiger partial charge < -0.3 is 9.47 Å². The van der Waals surface area contributed by atoms with Gasteiger partial charge in [-0.05, 0) is 12.3 Å². The highest BCUT2D eigenvalue weighted by Gasteiger charge is 2.27. The van der Waals surface area contributed by atoms with Gasteiger partial charge in [-0.1, -0.05) is 13.8 Å². The zero-order valence-electron chi connectivity index (χ0n) is 6.29. The number of hydrogen-bond acceptors (Lipinski definition) is 3. The fourth-order valence-electron chi connectivity index (χ4n) is 0.928. The molecule has 0 aromatic heterocycles. The molecule has 1 aliphatic rings. The Kier molecular flexibility index (Phi) is 2.27. The van der Waals surface area contributed by atoms with Crippen LogP contribution in [0.15, 0.2) is 0 Å². The molecule has 0 aromatic carbocycles. The maximum atomic E-state index is 10.8. The zero-order valence-corrected chi connectivity index (χ0v) is 6.29. The monoisotopic (exact) mass is 144 g/mol. The molecule has 0 radical (unpaired) electrons. The molecule has 1 fully saturated rings. The molecule has 0 spiro atoms. The SMILES string of the molecule is CC(C)CC1OCOC1=O. The summed E-state index contributed by atoms with van der Waals surface area (Å²) in [7, 11) is 0. The van der Waals surface area contributed by atoms with E-state index in [0.29, 0.717) is 5.92 Å². The Morgan fingerprint density at radius 2 is 2.40 bits per heavy atom. The van der Waals surface area contributed by atoms with Crippen molar-refractivity contribution in [2.75, 3.05) is 6.79 Å². The third kappa shape index (κ3) is 1.70. The summed E-state index contributed by atoms with van der Waals surface area (Å²) in [6.45, 7) is 4.24. The van der Waals surface area contributed by atoms with E-state index in [1.165, 1.54) is 0 Å². The molecule has 1 atom stereocenters. The van der Waals surface area contributed by atoms with E-state index in [1.54, 1.807) is 0 Å². The lowest BCUT2D eigenvalue weighted by molar-refractivity contribution is -0.139.